The first kappa shape index (κ1) is 23.5. The van der Waals surface area contributed by atoms with Crippen LogP contribution in [0.2, 0.25) is 5.02 Å². The summed E-state index contributed by atoms with van der Waals surface area (Å²) < 4.78 is 0. The fourth-order valence-corrected chi connectivity index (χ4v) is 4.12. The number of phenols is 1. The first-order valence-electron chi connectivity index (χ1n) is 9.98. The molecule has 0 bridgehead atoms. The maximum Gasteiger partial charge on any atom is 0.248 e. The van der Waals surface area contributed by atoms with Gasteiger partial charge in [0.1, 0.15) is 12.0 Å². The highest BCUT2D eigenvalue weighted by molar-refractivity contribution is 6.32. The average molecular weight is 432 g/mol. The van der Waals surface area contributed by atoms with Gasteiger partial charge >= 0.3 is 0 Å². The Hall–Kier alpha value is -2.73. The van der Waals surface area contributed by atoms with Crippen molar-refractivity contribution >= 4 is 35.2 Å². The molecule has 4 rings (SSSR count). The molecule has 2 aliphatic rings. The smallest absolute Gasteiger partial charge is 0.248 e. The van der Waals surface area contributed by atoms with E-state index in [9.17, 15) is 4.79 Å². The Labute approximate surface area is 182 Å². The zero-order valence-corrected chi connectivity index (χ0v) is 18.4. The van der Waals surface area contributed by atoms with Gasteiger partial charge in [0.05, 0.1) is 5.02 Å². The highest BCUT2D eigenvalue weighted by Crippen LogP contribution is 2.44. The van der Waals surface area contributed by atoms with Crippen LogP contribution in [0.4, 0.5) is 11.4 Å². The Morgan fingerprint density at radius 2 is 1.87 bits per heavy atom. The molecular weight excluding hydrogens is 402 g/mol. The predicted octanol–water partition coefficient (Wildman–Crippen LogP) is 4.03. The van der Waals surface area contributed by atoms with Gasteiger partial charge in [0.2, 0.25) is 5.91 Å². The zero-order chi connectivity index (χ0) is 22.4. The predicted molar refractivity (Wildman–Crippen MR) is 122 cm³/mol. The molecule has 1 aliphatic carbocycles. The lowest BCUT2D eigenvalue weighted by molar-refractivity contribution is -0.106. The van der Waals surface area contributed by atoms with E-state index in [0.717, 1.165) is 18.6 Å². The molecule has 2 aromatic rings. The molecule has 0 saturated heterocycles. The maximum atomic E-state index is 11.2. The van der Waals surface area contributed by atoms with Crippen molar-refractivity contribution in [2.45, 2.75) is 39.2 Å². The number of halogens is 1. The van der Waals surface area contributed by atoms with Crippen LogP contribution in [0.5, 0.6) is 5.75 Å². The summed E-state index contributed by atoms with van der Waals surface area (Å²) in [4.78, 5) is 22.5. The number of aldehydes is 1. The lowest BCUT2D eigenvalue weighted by Crippen LogP contribution is -2.43. The highest BCUT2D eigenvalue weighted by atomic mass is 35.5. The van der Waals surface area contributed by atoms with E-state index in [4.69, 9.17) is 33.0 Å². The van der Waals surface area contributed by atoms with E-state index in [1.54, 1.807) is 12.1 Å². The van der Waals surface area contributed by atoms with Crippen LogP contribution in [0.3, 0.4) is 0 Å². The van der Waals surface area contributed by atoms with Gasteiger partial charge in [-0.2, -0.15) is 0 Å². The van der Waals surface area contributed by atoms with Gasteiger partial charge in [-0.15, -0.1) is 0 Å². The number of benzene rings is 2. The van der Waals surface area contributed by atoms with Crippen LogP contribution in [0, 0.1) is 11.8 Å². The average Bonchev–Trinajstić information content (AvgIpc) is 3.50. The topological polar surface area (TPSA) is 110 Å². The summed E-state index contributed by atoms with van der Waals surface area (Å²) in [6, 6.07) is 11.1. The van der Waals surface area contributed by atoms with Crippen molar-refractivity contribution in [2.24, 2.45) is 17.6 Å². The van der Waals surface area contributed by atoms with Crippen molar-refractivity contribution < 1.29 is 14.7 Å². The van der Waals surface area contributed by atoms with E-state index in [-0.39, 0.29) is 11.7 Å². The molecule has 0 aromatic heterocycles. The van der Waals surface area contributed by atoms with E-state index in [2.05, 4.69) is 24.9 Å². The van der Waals surface area contributed by atoms with E-state index in [0.29, 0.717) is 28.2 Å². The van der Waals surface area contributed by atoms with Gasteiger partial charge in [-0.25, -0.2) is 0 Å². The fourth-order valence-electron chi connectivity index (χ4n) is 4.00. The number of nitrogen functional groups attached to an aromatic ring is 1. The maximum absolute atomic E-state index is 11.2. The minimum absolute atomic E-state index is 0.0247. The molecule has 1 amide bonds. The van der Waals surface area contributed by atoms with Crippen LogP contribution in [0.15, 0.2) is 36.4 Å². The minimum Gasteiger partial charge on any atom is -0.506 e. The third-order valence-corrected chi connectivity index (χ3v) is 5.71. The van der Waals surface area contributed by atoms with Gasteiger partial charge in [0.15, 0.2) is 0 Å². The number of rotatable bonds is 2. The molecule has 1 saturated carbocycles. The molecule has 0 spiro atoms. The van der Waals surface area contributed by atoms with Crippen LogP contribution in [-0.4, -0.2) is 30.4 Å². The van der Waals surface area contributed by atoms with Crippen molar-refractivity contribution in [3.63, 3.8) is 0 Å². The molecule has 6 nitrogen and oxygen atoms in total. The summed E-state index contributed by atoms with van der Waals surface area (Å²) in [6.07, 6.45) is 4.55. The molecule has 1 fully saturated rings. The number of amides is 1. The molecule has 162 valence electrons. The largest absolute Gasteiger partial charge is 0.506 e. The fraction of sp³-hybridized carbons (Fsp3) is 0.391. The van der Waals surface area contributed by atoms with E-state index >= 15 is 0 Å². The number of nitrogens with two attached hydrogens (primary N) is 2. The third kappa shape index (κ3) is 5.89. The molecule has 7 heteroatoms. The monoisotopic (exact) mass is 431 g/mol. The molecule has 30 heavy (non-hydrogen) atoms. The van der Waals surface area contributed by atoms with Crippen molar-refractivity contribution in [1.82, 2.24) is 0 Å². The second-order valence-corrected chi connectivity index (χ2v) is 8.18. The van der Waals surface area contributed by atoms with E-state index in [1.165, 1.54) is 37.1 Å². The molecule has 1 unspecified atom stereocenters. The van der Waals surface area contributed by atoms with Gasteiger partial charge in [0, 0.05) is 36.1 Å². The summed E-state index contributed by atoms with van der Waals surface area (Å²) in [5, 5.41) is 9.21. The number of primary amides is 1. The Morgan fingerprint density at radius 3 is 2.37 bits per heavy atom. The zero-order valence-electron chi connectivity index (χ0n) is 17.6. The number of carbonyl (C=O) groups excluding carboxylic acids is 2. The first-order chi connectivity index (χ1) is 14.2. The molecule has 2 atom stereocenters. The Kier molecular flexibility index (Phi) is 8.12. The molecular formula is C23H30ClN3O3. The molecule has 0 radical (unpaired) electrons. The second kappa shape index (κ2) is 10.3. The summed E-state index contributed by atoms with van der Waals surface area (Å²) >= 11 is 5.48. The third-order valence-electron chi connectivity index (χ3n) is 5.39. The number of aromatic hydroxyl groups is 1. The van der Waals surface area contributed by atoms with Crippen LogP contribution >= 0.6 is 11.6 Å². The second-order valence-electron chi connectivity index (χ2n) is 7.77. The lowest BCUT2D eigenvalue weighted by Gasteiger charge is -2.41. The number of hydrogen-bond donors (Lipinski definition) is 3. The lowest BCUT2D eigenvalue weighted by atomic mass is 9.84. The standard InChI is InChI=1S/C15H20N2O.C6H6ClNO.C2H4O/c1-9-7-12-8-11(15(16)18)5-6-13(12)17(2)14(9)10-3-4-10;7-5-2-1-4(8)3-6(5)9;1-2-3/h5-6,8-10,14H,3-4,7H2,1-2H3,(H2,16,18);1-3,9H,8H2;2H,1H3/t9?,14-;;/m1../s1. The van der Waals surface area contributed by atoms with Gasteiger partial charge in [-0.1, -0.05) is 18.5 Å². The number of fused-ring (bicyclic) bond motifs is 1. The SMILES string of the molecule is CC1Cc2cc(C(N)=O)ccc2N(C)[C@H]1C1CC1.CC=O.Nc1ccc(Cl)c(O)c1. The minimum atomic E-state index is -0.336. The van der Waals surface area contributed by atoms with Gasteiger partial charge in [-0.05, 0) is 73.9 Å². The van der Waals surface area contributed by atoms with Crippen LogP contribution in [0.1, 0.15) is 42.6 Å². The quantitative estimate of drug-likeness (QED) is 0.491. The van der Waals surface area contributed by atoms with Crippen LogP contribution in [0.25, 0.3) is 0 Å². The highest BCUT2D eigenvalue weighted by Gasteiger charge is 2.40. The van der Waals surface area contributed by atoms with Crippen LogP contribution < -0.4 is 16.4 Å². The molecule has 5 N–H and O–H groups in total. The van der Waals surface area contributed by atoms with Gasteiger partial charge < -0.3 is 26.3 Å². The Balaban J connectivity index is 0.000000224. The van der Waals surface area contributed by atoms with Crippen molar-refractivity contribution in [3.05, 3.63) is 52.5 Å². The normalized spacial score (nSPS) is 19.4. The number of carbonyl (C=O) groups is 2. The summed E-state index contributed by atoms with van der Waals surface area (Å²) in [5.41, 5.74) is 14.3. The van der Waals surface area contributed by atoms with Crippen molar-refractivity contribution in [3.8, 4) is 5.75 Å². The summed E-state index contributed by atoms with van der Waals surface area (Å²) in [7, 11) is 2.18. The van der Waals surface area contributed by atoms with Gasteiger partial charge in [-0.3, -0.25) is 4.79 Å². The van der Waals surface area contributed by atoms with Crippen molar-refractivity contribution in [1.29, 1.82) is 0 Å². The molecule has 1 heterocycles. The Morgan fingerprint density at radius 1 is 1.23 bits per heavy atom. The number of nitrogens with zero attached hydrogens (tertiary/aromatic N) is 1. The van der Waals surface area contributed by atoms with Crippen molar-refractivity contribution in [2.75, 3.05) is 17.7 Å². The summed E-state index contributed by atoms with van der Waals surface area (Å²) in [6.45, 7) is 3.76. The first-order valence-corrected chi connectivity index (χ1v) is 10.4. The number of hydrogen-bond acceptors (Lipinski definition) is 5. The number of phenolic OH excluding ortho intramolecular Hbond substituents is 1. The van der Waals surface area contributed by atoms with E-state index in [1.807, 2.05) is 12.1 Å². The van der Waals surface area contributed by atoms with Crippen LogP contribution in [-0.2, 0) is 11.2 Å². The Bertz CT molecular complexity index is 899. The summed E-state index contributed by atoms with van der Waals surface area (Å²) in [5.74, 6) is 1.21. The van der Waals surface area contributed by atoms with Gasteiger partial charge in [0.25, 0.3) is 0 Å². The molecule has 2 aromatic carbocycles. The number of anilines is 2. The van der Waals surface area contributed by atoms with E-state index < -0.39 is 0 Å². The molecule has 1 aliphatic heterocycles.